The minimum absolute atomic E-state index is 0.236. The van der Waals surface area contributed by atoms with Gasteiger partial charge in [-0.2, -0.15) is 5.10 Å². The summed E-state index contributed by atoms with van der Waals surface area (Å²) in [6, 6.07) is 1.15. The predicted octanol–water partition coefficient (Wildman–Crippen LogP) is 1.40. The average molecular weight is 162 g/mol. The fourth-order valence-electron chi connectivity index (χ4n) is 0.679. The van der Waals surface area contributed by atoms with Gasteiger partial charge >= 0.3 is 0 Å². The predicted molar refractivity (Wildman–Crippen MR) is 34.2 cm³/mol. The summed E-state index contributed by atoms with van der Waals surface area (Å²) in [5.41, 5.74) is -0.0267. The lowest BCUT2D eigenvalue weighted by Gasteiger charge is -1.94. The van der Waals surface area contributed by atoms with Gasteiger partial charge in [-0.25, -0.2) is 8.78 Å². The lowest BCUT2D eigenvalue weighted by Crippen LogP contribution is -1.89. The molecule has 0 aromatic carbocycles. The van der Waals surface area contributed by atoms with Gasteiger partial charge in [0, 0.05) is 0 Å². The van der Waals surface area contributed by atoms with E-state index in [0.717, 1.165) is 6.07 Å². The van der Waals surface area contributed by atoms with Crippen molar-refractivity contribution in [1.29, 1.82) is 0 Å². The molecule has 0 amide bonds. The van der Waals surface area contributed by atoms with Gasteiger partial charge in [0.25, 0.3) is 6.43 Å². The molecule has 62 valence electrons. The van der Waals surface area contributed by atoms with E-state index in [4.69, 9.17) is 5.11 Å². The molecular formula is C6H8F2N2O. The summed E-state index contributed by atoms with van der Waals surface area (Å²) in [6.07, 6.45) is -3.37. The first kappa shape index (κ1) is 8.13. The Hall–Kier alpha value is -0.970. The highest BCUT2D eigenvalue weighted by Gasteiger charge is 2.12. The van der Waals surface area contributed by atoms with Crippen molar-refractivity contribution in [3.8, 4) is 0 Å². The van der Waals surface area contributed by atoms with Crippen LogP contribution in [0.25, 0.3) is 0 Å². The van der Waals surface area contributed by atoms with Crippen molar-refractivity contribution in [1.82, 2.24) is 10.2 Å². The second-order valence-electron chi connectivity index (χ2n) is 2.22. The topological polar surface area (TPSA) is 48.9 Å². The van der Waals surface area contributed by atoms with Gasteiger partial charge in [0.1, 0.15) is 5.69 Å². The van der Waals surface area contributed by atoms with Crippen molar-refractivity contribution in [3.05, 3.63) is 17.5 Å². The molecule has 1 rings (SSSR count). The van der Waals surface area contributed by atoms with Crippen LogP contribution >= 0.6 is 0 Å². The van der Waals surface area contributed by atoms with Crippen LogP contribution in [0.15, 0.2) is 6.07 Å². The number of nitrogens with one attached hydrogen (secondary N) is 1. The van der Waals surface area contributed by atoms with Crippen LogP contribution in [0.3, 0.4) is 0 Å². The Morgan fingerprint density at radius 3 is 2.55 bits per heavy atom. The maximum Gasteiger partial charge on any atom is 0.279 e. The number of nitrogens with zero attached hydrogens (tertiary/aromatic N) is 1. The lowest BCUT2D eigenvalue weighted by atomic mass is 10.3. The molecule has 5 heteroatoms. The molecule has 11 heavy (non-hydrogen) atoms. The molecule has 0 aliphatic carbocycles. The minimum Gasteiger partial charge on any atom is -0.387 e. The number of aliphatic hydroxyl groups is 1. The maximum atomic E-state index is 11.9. The van der Waals surface area contributed by atoms with E-state index in [1.807, 2.05) is 0 Å². The maximum absolute atomic E-state index is 11.9. The zero-order valence-corrected chi connectivity index (χ0v) is 5.88. The highest BCUT2D eigenvalue weighted by Crippen LogP contribution is 2.18. The third kappa shape index (κ3) is 1.74. The molecule has 2 N–H and O–H groups in total. The summed E-state index contributed by atoms with van der Waals surface area (Å²) in [5, 5.41) is 14.5. The number of halogens is 2. The number of rotatable bonds is 2. The summed E-state index contributed by atoms with van der Waals surface area (Å²) < 4.78 is 23.8. The van der Waals surface area contributed by atoms with Crippen LogP contribution in [0, 0.1) is 0 Å². The molecule has 1 heterocycles. The Labute approximate surface area is 62.0 Å². The highest BCUT2D eigenvalue weighted by molar-refractivity contribution is 5.11. The first-order valence-electron chi connectivity index (χ1n) is 3.12. The second kappa shape index (κ2) is 2.96. The van der Waals surface area contributed by atoms with Crippen molar-refractivity contribution in [2.24, 2.45) is 0 Å². The molecule has 1 aromatic rings. The quantitative estimate of drug-likeness (QED) is 0.690. The van der Waals surface area contributed by atoms with E-state index in [0.29, 0.717) is 0 Å². The Morgan fingerprint density at radius 2 is 2.27 bits per heavy atom. The summed E-state index contributed by atoms with van der Waals surface area (Å²) in [7, 11) is 0. The molecule has 0 aliphatic rings. The fourth-order valence-corrected chi connectivity index (χ4v) is 0.679. The number of hydrogen-bond acceptors (Lipinski definition) is 2. The monoisotopic (exact) mass is 162 g/mol. The van der Waals surface area contributed by atoms with Gasteiger partial charge in [-0.3, -0.25) is 5.10 Å². The fraction of sp³-hybridized carbons (Fsp3) is 0.500. The molecule has 1 aromatic heterocycles. The van der Waals surface area contributed by atoms with Gasteiger partial charge in [-0.15, -0.1) is 0 Å². The number of aromatic amines is 1. The van der Waals surface area contributed by atoms with Crippen LogP contribution in [0.2, 0.25) is 0 Å². The molecule has 0 radical (unpaired) electrons. The minimum atomic E-state index is -2.56. The van der Waals surface area contributed by atoms with Gasteiger partial charge in [0.2, 0.25) is 0 Å². The van der Waals surface area contributed by atoms with E-state index in [1.165, 1.54) is 6.92 Å². The molecule has 0 bridgehead atoms. The SMILES string of the molecule is C[C@H](O)c1cc(C(F)F)[nH]n1. The standard InChI is InChI=1S/C6H8F2N2O/c1-3(11)4-2-5(6(7)8)10-9-4/h2-3,6,11H,1H3,(H,9,10)/t3-/m0/s1. The largest absolute Gasteiger partial charge is 0.387 e. The zero-order chi connectivity index (χ0) is 8.43. The van der Waals surface area contributed by atoms with Crippen molar-refractivity contribution in [2.45, 2.75) is 19.5 Å². The van der Waals surface area contributed by atoms with Crippen molar-refractivity contribution < 1.29 is 13.9 Å². The van der Waals surface area contributed by atoms with Crippen molar-refractivity contribution in [2.75, 3.05) is 0 Å². The Morgan fingerprint density at radius 1 is 1.64 bits per heavy atom. The van der Waals surface area contributed by atoms with Crippen LogP contribution < -0.4 is 0 Å². The van der Waals surface area contributed by atoms with Crippen LogP contribution in [0.5, 0.6) is 0 Å². The average Bonchev–Trinajstić information content (AvgIpc) is 2.33. The normalized spacial score (nSPS) is 13.9. The lowest BCUT2D eigenvalue weighted by molar-refractivity contribution is 0.146. The smallest absolute Gasteiger partial charge is 0.279 e. The van der Waals surface area contributed by atoms with E-state index < -0.39 is 12.5 Å². The Balaban J connectivity index is 2.82. The van der Waals surface area contributed by atoms with Crippen LogP contribution in [0.4, 0.5) is 8.78 Å². The Kier molecular flexibility index (Phi) is 2.19. The highest BCUT2D eigenvalue weighted by atomic mass is 19.3. The van der Waals surface area contributed by atoms with Gasteiger partial charge < -0.3 is 5.11 Å². The van der Waals surface area contributed by atoms with E-state index in [1.54, 1.807) is 0 Å². The second-order valence-corrected chi connectivity index (χ2v) is 2.22. The van der Waals surface area contributed by atoms with E-state index >= 15 is 0 Å². The molecule has 0 saturated heterocycles. The molecule has 1 atom stereocenters. The first-order chi connectivity index (χ1) is 5.11. The summed E-state index contributed by atoms with van der Waals surface area (Å²) in [6.45, 7) is 1.46. The van der Waals surface area contributed by atoms with E-state index in [-0.39, 0.29) is 11.4 Å². The van der Waals surface area contributed by atoms with Gasteiger partial charge in [-0.1, -0.05) is 0 Å². The van der Waals surface area contributed by atoms with Gasteiger partial charge in [-0.05, 0) is 13.0 Å². The van der Waals surface area contributed by atoms with Crippen LogP contribution in [0.1, 0.15) is 30.8 Å². The zero-order valence-electron chi connectivity index (χ0n) is 5.88. The number of aromatic nitrogens is 2. The summed E-state index contributed by atoms with van der Waals surface area (Å²) >= 11 is 0. The van der Waals surface area contributed by atoms with Crippen LogP contribution in [-0.4, -0.2) is 15.3 Å². The third-order valence-electron chi connectivity index (χ3n) is 1.28. The molecule has 3 nitrogen and oxygen atoms in total. The van der Waals surface area contributed by atoms with Crippen molar-refractivity contribution in [3.63, 3.8) is 0 Å². The number of aliphatic hydroxyl groups excluding tert-OH is 1. The van der Waals surface area contributed by atoms with Crippen LogP contribution in [-0.2, 0) is 0 Å². The van der Waals surface area contributed by atoms with Crippen molar-refractivity contribution >= 4 is 0 Å². The van der Waals surface area contributed by atoms with Gasteiger partial charge in [0.05, 0.1) is 11.8 Å². The Bertz CT molecular complexity index is 212. The number of H-pyrrole nitrogens is 1. The molecule has 0 fully saturated rings. The molecular weight excluding hydrogens is 154 g/mol. The molecule has 0 saturated carbocycles. The summed E-state index contributed by atoms with van der Waals surface area (Å²) in [5.74, 6) is 0. The molecule has 0 unspecified atom stereocenters. The molecule has 0 aliphatic heterocycles. The van der Waals surface area contributed by atoms with E-state index in [2.05, 4.69) is 10.2 Å². The van der Waals surface area contributed by atoms with Gasteiger partial charge in [0.15, 0.2) is 0 Å². The third-order valence-corrected chi connectivity index (χ3v) is 1.28. The summed E-state index contributed by atoms with van der Waals surface area (Å²) in [4.78, 5) is 0. The number of hydrogen-bond donors (Lipinski definition) is 2. The number of alkyl halides is 2. The van der Waals surface area contributed by atoms with E-state index in [9.17, 15) is 8.78 Å². The first-order valence-corrected chi connectivity index (χ1v) is 3.12. The molecule has 0 spiro atoms.